The smallest absolute Gasteiger partial charge is 0.261 e. The zero-order chi connectivity index (χ0) is 11.8. The summed E-state index contributed by atoms with van der Waals surface area (Å²) in [6, 6.07) is 0.391. The summed E-state index contributed by atoms with van der Waals surface area (Å²) in [7, 11) is 0. The average Bonchev–Trinajstić information content (AvgIpc) is 2.99. The zero-order valence-corrected chi connectivity index (χ0v) is 9.18. The highest BCUT2D eigenvalue weighted by atomic mass is 19.3. The number of ether oxygens (including phenoxy) is 1. The molecule has 0 unspecified atom stereocenters. The van der Waals surface area contributed by atoms with E-state index in [0.29, 0.717) is 25.6 Å². The molecule has 1 aliphatic carbocycles. The van der Waals surface area contributed by atoms with Crippen molar-refractivity contribution in [2.75, 3.05) is 26.3 Å². The van der Waals surface area contributed by atoms with Crippen molar-refractivity contribution in [3.05, 3.63) is 0 Å². The SMILES string of the molecule is O=C(CCNCCOCC(F)F)NC1CC1. The second kappa shape index (κ2) is 7.51. The number of halogens is 2. The van der Waals surface area contributed by atoms with Gasteiger partial charge in [-0.05, 0) is 12.8 Å². The number of hydrogen-bond donors (Lipinski definition) is 2. The molecule has 0 bridgehead atoms. The molecule has 0 aromatic carbocycles. The topological polar surface area (TPSA) is 50.4 Å². The maximum atomic E-state index is 11.6. The van der Waals surface area contributed by atoms with Gasteiger partial charge in [-0.3, -0.25) is 4.79 Å². The van der Waals surface area contributed by atoms with Gasteiger partial charge in [0, 0.05) is 25.6 Å². The van der Waals surface area contributed by atoms with Crippen LogP contribution in [0.5, 0.6) is 0 Å². The van der Waals surface area contributed by atoms with Gasteiger partial charge in [-0.2, -0.15) is 0 Å². The third-order valence-electron chi connectivity index (χ3n) is 2.14. The second-order valence-corrected chi connectivity index (χ2v) is 3.81. The lowest BCUT2D eigenvalue weighted by Gasteiger charge is -2.06. The highest BCUT2D eigenvalue weighted by molar-refractivity contribution is 5.76. The number of nitrogens with one attached hydrogen (secondary N) is 2. The van der Waals surface area contributed by atoms with E-state index in [9.17, 15) is 13.6 Å². The number of carbonyl (C=O) groups excluding carboxylic acids is 1. The van der Waals surface area contributed by atoms with E-state index in [4.69, 9.17) is 0 Å². The summed E-state index contributed by atoms with van der Waals surface area (Å²) in [5, 5.41) is 5.81. The maximum Gasteiger partial charge on any atom is 0.261 e. The van der Waals surface area contributed by atoms with Gasteiger partial charge in [0.15, 0.2) is 0 Å². The van der Waals surface area contributed by atoms with Crippen molar-refractivity contribution < 1.29 is 18.3 Å². The van der Waals surface area contributed by atoms with Gasteiger partial charge in [-0.1, -0.05) is 0 Å². The van der Waals surface area contributed by atoms with E-state index in [0.717, 1.165) is 12.8 Å². The molecule has 6 heteroatoms. The number of carbonyl (C=O) groups is 1. The summed E-state index contributed by atoms with van der Waals surface area (Å²) in [4.78, 5) is 11.2. The Morgan fingerprint density at radius 3 is 2.75 bits per heavy atom. The van der Waals surface area contributed by atoms with Crippen molar-refractivity contribution in [3.63, 3.8) is 0 Å². The lowest BCUT2D eigenvalue weighted by Crippen LogP contribution is -2.30. The largest absolute Gasteiger partial charge is 0.374 e. The second-order valence-electron chi connectivity index (χ2n) is 3.81. The van der Waals surface area contributed by atoms with Crippen LogP contribution < -0.4 is 10.6 Å². The van der Waals surface area contributed by atoms with E-state index < -0.39 is 13.0 Å². The highest BCUT2D eigenvalue weighted by Gasteiger charge is 2.22. The third-order valence-corrected chi connectivity index (χ3v) is 2.14. The van der Waals surface area contributed by atoms with Crippen molar-refractivity contribution in [3.8, 4) is 0 Å². The quantitative estimate of drug-likeness (QED) is 0.574. The zero-order valence-electron chi connectivity index (χ0n) is 9.18. The number of amides is 1. The van der Waals surface area contributed by atoms with Crippen molar-refractivity contribution >= 4 is 5.91 Å². The van der Waals surface area contributed by atoms with Crippen LogP contribution in [-0.4, -0.2) is 44.7 Å². The molecular weight excluding hydrogens is 218 g/mol. The lowest BCUT2D eigenvalue weighted by atomic mass is 10.4. The first kappa shape index (κ1) is 13.3. The fourth-order valence-electron chi connectivity index (χ4n) is 1.17. The van der Waals surface area contributed by atoms with Crippen molar-refractivity contribution in [2.45, 2.75) is 31.7 Å². The lowest BCUT2D eigenvalue weighted by molar-refractivity contribution is -0.121. The molecule has 94 valence electrons. The van der Waals surface area contributed by atoms with Gasteiger partial charge in [0.2, 0.25) is 5.91 Å². The first-order valence-electron chi connectivity index (χ1n) is 5.54. The van der Waals surface area contributed by atoms with E-state index in [1.165, 1.54) is 0 Å². The molecule has 0 aliphatic heterocycles. The molecule has 1 saturated carbocycles. The number of alkyl halides is 2. The van der Waals surface area contributed by atoms with Gasteiger partial charge >= 0.3 is 0 Å². The molecule has 0 aromatic heterocycles. The Bertz CT molecular complexity index is 211. The van der Waals surface area contributed by atoms with Gasteiger partial charge in [0.05, 0.1) is 6.61 Å². The van der Waals surface area contributed by atoms with Gasteiger partial charge in [0.25, 0.3) is 6.43 Å². The monoisotopic (exact) mass is 236 g/mol. The van der Waals surface area contributed by atoms with E-state index in [-0.39, 0.29) is 12.5 Å². The summed E-state index contributed by atoms with van der Waals surface area (Å²) >= 11 is 0. The Hall–Kier alpha value is -0.750. The molecule has 0 heterocycles. The predicted molar refractivity (Wildman–Crippen MR) is 55.5 cm³/mol. The molecular formula is C10H18F2N2O2. The van der Waals surface area contributed by atoms with Crippen LogP contribution >= 0.6 is 0 Å². The van der Waals surface area contributed by atoms with E-state index in [1.807, 2.05) is 0 Å². The van der Waals surface area contributed by atoms with Crippen LogP contribution in [0.4, 0.5) is 8.78 Å². The predicted octanol–water partition coefficient (Wildman–Crippen LogP) is 0.526. The minimum absolute atomic E-state index is 0.0449. The Morgan fingerprint density at radius 2 is 2.12 bits per heavy atom. The normalized spacial score (nSPS) is 15.4. The molecule has 1 aliphatic rings. The molecule has 16 heavy (non-hydrogen) atoms. The number of hydrogen-bond acceptors (Lipinski definition) is 3. The summed E-state index contributed by atoms with van der Waals surface area (Å²) in [6.07, 6.45) is 0.177. The van der Waals surface area contributed by atoms with Crippen molar-refractivity contribution in [1.29, 1.82) is 0 Å². The molecule has 0 spiro atoms. The van der Waals surface area contributed by atoms with Gasteiger partial charge in [0.1, 0.15) is 6.61 Å². The van der Waals surface area contributed by atoms with Crippen LogP contribution in [0.2, 0.25) is 0 Å². The first-order chi connectivity index (χ1) is 7.68. The summed E-state index contributed by atoms with van der Waals surface area (Å²) in [6.45, 7) is 0.762. The Morgan fingerprint density at radius 1 is 1.38 bits per heavy atom. The summed E-state index contributed by atoms with van der Waals surface area (Å²) in [5.74, 6) is 0.0449. The van der Waals surface area contributed by atoms with E-state index >= 15 is 0 Å². The van der Waals surface area contributed by atoms with Gasteiger partial charge in [-0.15, -0.1) is 0 Å². The number of rotatable bonds is 9. The molecule has 0 aromatic rings. The first-order valence-corrected chi connectivity index (χ1v) is 5.54. The Balaban J connectivity index is 1.78. The molecule has 1 fully saturated rings. The summed E-state index contributed by atoms with van der Waals surface area (Å²) in [5.41, 5.74) is 0. The van der Waals surface area contributed by atoms with Gasteiger partial charge < -0.3 is 15.4 Å². The standard InChI is InChI=1S/C10H18F2N2O2/c11-9(12)7-16-6-5-13-4-3-10(15)14-8-1-2-8/h8-9,13H,1-7H2,(H,14,15). The van der Waals surface area contributed by atoms with Crippen LogP contribution in [0.15, 0.2) is 0 Å². The highest BCUT2D eigenvalue weighted by Crippen LogP contribution is 2.18. The van der Waals surface area contributed by atoms with Crippen LogP contribution in [0, 0.1) is 0 Å². The fourth-order valence-corrected chi connectivity index (χ4v) is 1.17. The van der Waals surface area contributed by atoms with E-state index in [1.54, 1.807) is 0 Å². The Kier molecular flexibility index (Phi) is 6.25. The molecule has 0 atom stereocenters. The minimum atomic E-state index is -2.41. The molecule has 4 nitrogen and oxygen atoms in total. The van der Waals surface area contributed by atoms with Gasteiger partial charge in [-0.25, -0.2) is 8.78 Å². The van der Waals surface area contributed by atoms with Crippen molar-refractivity contribution in [1.82, 2.24) is 10.6 Å². The van der Waals surface area contributed by atoms with Crippen LogP contribution in [0.3, 0.4) is 0 Å². The molecule has 2 N–H and O–H groups in total. The fraction of sp³-hybridized carbons (Fsp3) is 0.900. The van der Waals surface area contributed by atoms with Crippen LogP contribution in [0.25, 0.3) is 0 Å². The molecule has 1 rings (SSSR count). The third kappa shape index (κ3) is 7.53. The molecule has 0 radical (unpaired) electrons. The van der Waals surface area contributed by atoms with E-state index in [2.05, 4.69) is 15.4 Å². The van der Waals surface area contributed by atoms with Crippen LogP contribution in [-0.2, 0) is 9.53 Å². The summed E-state index contributed by atoms with van der Waals surface area (Å²) < 4.78 is 28.0. The van der Waals surface area contributed by atoms with Crippen LogP contribution in [0.1, 0.15) is 19.3 Å². The minimum Gasteiger partial charge on any atom is -0.374 e. The molecule has 1 amide bonds. The average molecular weight is 236 g/mol. The maximum absolute atomic E-state index is 11.6. The van der Waals surface area contributed by atoms with Crippen molar-refractivity contribution in [2.24, 2.45) is 0 Å². The Labute approximate surface area is 93.7 Å². The molecule has 0 saturated heterocycles.